The largest absolute Gasteiger partial charge is 0.496 e. The minimum absolute atomic E-state index is 0.276. The zero-order valence-electron chi connectivity index (χ0n) is 14.4. The summed E-state index contributed by atoms with van der Waals surface area (Å²) in [6, 6.07) is 7.62. The van der Waals surface area contributed by atoms with Crippen molar-refractivity contribution in [3.05, 3.63) is 23.8 Å². The van der Waals surface area contributed by atoms with E-state index in [0.717, 1.165) is 25.3 Å². The molecule has 1 saturated heterocycles. The van der Waals surface area contributed by atoms with Crippen molar-refractivity contribution in [3.8, 4) is 5.75 Å². The van der Waals surface area contributed by atoms with Gasteiger partial charge in [-0.1, -0.05) is 27.7 Å². The summed E-state index contributed by atoms with van der Waals surface area (Å²) in [7, 11) is 1.73. The van der Waals surface area contributed by atoms with Crippen LogP contribution in [0.15, 0.2) is 18.2 Å². The molecule has 1 aromatic rings. The Balaban J connectivity index is 2.27. The van der Waals surface area contributed by atoms with Gasteiger partial charge in [-0.3, -0.25) is 0 Å². The van der Waals surface area contributed by atoms with Crippen molar-refractivity contribution in [2.45, 2.75) is 53.1 Å². The summed E-state index contributed by atoms with van der Waals surface area (Å²) < 4.78 is 5.38. The lowest BCUT2D eigenvalue weighted by Gasteiger charge is -2.46. The molecule has 1 aliphatic rings. The third-order valence-electron chi connectivity index (χ3n) is 4.65. The second-order valence-electron chi connectivity index (χ2n) is 7.20. The number of hydrogen-bond acceptors (Lipinski definition) is 3. The molecule has 3 heteroatoms. The van der Waals surface area contributed by atoms with Crippen LogP contribution in [0.3, 0.4) is 0 Å². The summed E-state index contributed by atoms with van der Waals surface area (Å²) in [4.78, 5) is 2.57. The number of benzene rings is 1. The number of nitrogens with one attached hydrogen (secondary N) is 1. The molecule has 0 spiro atoms. The van der Waals surface area contributed by atoms with E-state index in [9.17, 15) is 0 Å². The summed E-state index contributed by atoms with van der Waals surface area (Å²) in [5.41, 5.74) is 2.80. The van der Waals surface area contributed by atoms with Crippen molar-refractivity contribution < 1.29 is 4.74 Å². The van der Waals surface area contributed by atoms with Crippen molar-refractivity contribution >= 4 is 5.69 Å². The molecule has 2 rings (SSSR count). The Morgan fingerprint density at radius 2 is 2.05 bits per heavy atom. The predicted molar refractivity (Wildman–Crippen MR) is 90.4 cm³/mol. The van der Waals surface area contributed by atoms with Crippen molar-refractivity contribution in [2.24, 2.45) is 5.41 Å². The van der Waals surface area contributed by atoms with Crippen molar-refractivity contribution in [3.63, 3.8) is 0 Å². The second-order valence-corrected chi connectivity index (χ2v) is 7.20. The Hall–Kier alpha value is -1.22. The molecule has 21 heavy (non-hydrogen) atoms. The molecule has 1 fully saturated rings. The van der Waals surface area contributed by atoms with Crippen LogP contribution in [0.1, 0.15) is 39.7 Å². The molecule has 0 amide bonds. The number of hydrogen-bond donors (Lipinski definition) is 1. The van der Waals surface area contributed by atoms with Gasteiger partial charge in [0.05, 0.1) is 7.11 Å². The number of aryl methyl sites for hydroxylation is 1. The molecule has 2 atom stereocenters. The minimum atomic E-state index is 0.276. The zero-order chi connectivity index (χ0) is 15.6. The van der Waals surface area contributed by atoms with Crippen molar-refractivity contribution in [1.29, 1.82) is 0 Å². The van der Waals surface area contributed by atoms with Gasteiger partial charge in [-0.25, -0.2) is 0 Å². The maximum absolute atomic E-state index is 5.38. The Kier molecular flexibility index (Phi) is 4.82. The van der Waals surface area contributed by atoms with Crippen LogP contribution >= 0.6 is 0 Å². The second kappa shape index (κ2) is 6.27. The summed E-state index contributed by atoms with van der Waals surface area (Å²) in [5.74, 6) is 0.967. The van der Waals surface area contributed by atoms with Gasteiger partial charge in [0.15, 0.2) is 0 Å². The molecule has 0 aliphatic carbocycles. The molecular weight excluding hydrogens is 260 g/mol. The van der Waals surface area contributed by atoms with Gasteiger partial charge in [-0.2, -0.15) is 0 Å². The molecule has 0 radical (unpaired) electrons. The Labute approximate surface area is 129 Å². The lowest BCUT2D eigenvalue weighted by atomic mass is 9.84. The number of nitrogens with zero attached hydrogens (tertiary/aromatic N) is 1. The normalized spacial score (nSPS) is 23.2. The van der Waals surface area contributed by atoms with Gasteiger partial charge in [-0.05, 0) is 42.5 Å². The van der Waals surface area contributed by atoms with Gasteiger partial charge in [0.25, 0.3) is 0 Å². The van der Waals surface area contributed by atoms with E-state index in [-0.39, 0.29) is 5.41 Å². The average Bonchev–Trinajstić information content (AvgIpc) is 2.45. The standard InChI is InChI=1S/C18H30N2O/c1-7-14-11-19-17(18(3,4)5)12-20(14)15-8-9-16(21-6)13(2)10-15/h8-10,14,17,19H,7,11-12H2,1-6H3. The molecule has 1 aromatic carbocycles. The van der Waals surface area contributed by atoms with Crippen LogP contribution in [0.25, 0.3) is 0 Å². The van der Waals surface area contributed by atoms with E-state index in [0.29, 0.717) is 12.1 Å². The van der Waals surface area contributed by atoms with Crippen LogP contribution in [0, 0.1) is 12.3 Å². The van der Waals surface area contributed by atoms with Crippen LogP contribution in [0.2, 0.25) is 0 Å². The zero-order valence-corrected chi connectivity index (χ0v) is 14.4. The highest BCUT2D eigenvalue weighted by atomic mass is 16.5. The number of methoxy groups -OCH3 is 1. The Morgan fingerprint density at radius 1 is 1.33 bits per heavy atom. The maximum atomic E-state index is 5.38. The summed E-state index contributed by atoms with van der Waals surface area (Å²) in [6.45, 7) is 13.5. The van der Waals surface area contributed by atoms with Crippen molar-refractivity contribution in [1.82, 2.24) is 5.32 Å². The van der Waals surface area contributed by atoms with Gasteiger partial charge < -0.3 is 15.0 Å². The molecular formula is C18H30N2O. The third kappa shape index (κ3) is 3.52. The van der Waals surface area contributed by atoms with Crippen LogP contribution in [0.5, 0.6) is 5.75 Å². The van der Waals surface area contributed by atoms with E-state index in [1.165, 1.54) is 11.3 Å². The van der Waals surface area contributed by atoms with Crippen LogP contribution in [-0.2, 0) is 0 Å². The first kappa shape index (κ1) is 16.2. The minimum Gasteiger partial charge on any atom is -0.496 e. The Morgan fingerprint density at radius 3 is 2.57 bits per heavy atom. The first-order chi connectivity index (χ1) is 9.86. The fourth-order valence-corrected chi connectivity index (χ4v) is 3.10. The van der Waals surface area contributed by atoms with Gasteiger partial charge in [0.1, 0.15) is 5.75 Å². The number of anilines is 1. The first-order valence-corrected chi connectivity index (χ1v) is 8.01. The van der Waals surface area contributed by atoms with Gasteiger partial charge in [-0.15, -0.1) is 0 Å². The molecule has 0 aromatic heterocycles. The number of rotatable bonds is 3. The highest BCUT2D eigenvalue weighted by Crippen LogP contribution is 2.30. The van der Waals surface area contributed by atoms with E-state index < -0.39 is 0 Å². The van der Waals surface area contributed by atoms with E-state index >= 15 is 0 Å². The van der Waals surface area contributed by atoms with Gasteiger partial charge in [0, 0.05) is 30.9 Å². The first-order valence-electron chi connectivity index (χ1n) is 8.01. The van der Waals surface area contributed by atoms with Crippen LogP contribution in [0.4, 0.5) is 5.69 Å². The monoisotopic (exact) mass is 290 g/mol. The van der Waals surface area contributed by atoms with Crippen LogP contribution in [-0.4, -0.2) is 32.3 Å². The number of piperazine rings is 1. The average molecular weight is 290 g/mol. The molecule has 0 bridgehead atoms. The topological polar surface area (TPSA) is 24.5 Å². The SMILES string of the molecule is CCC1CNC(C(C)(C)C)CN1c1ccc(OC)c(C)c1. The van der Waals surface area contributed by atoms with E-state index in [1.54, 1.807) is 7.11 Å². The molecule has 118 valence electrons. The van der Waals surface area contributed by atoms with E-state index in [1.807, 2.05) is 0 Å². The van der Waals surface area contributed by atoms with Gasteiger partial charge in [0.2, 0.25) is 0 Å². The summed E-state index contributed by atoms with van der Waals surface area (Å²) in [6.07, 6.45) is 1.16. The lowest BCUT2D eigenvalue weighted by molar-refractivity contribution is 0.233. The van der Waals surface area contributed by atoms with Crippen molar-refractivity contribution in [2.75, 3.05) is 25.1 Å². The van der Waals surface area contributed by atoms with E-state index in [4.69, 9.17) is 4.74 Å². The third-order valence-corrected chi connectivity index (χ3v) is 4.65. The molecule has 1 heterocycles. The molecule has 1 N–H and O–H groups in total. The summed E-state index contributed by atoms with van der Waals surface area (Å²) in [5, 5.41) is 3.73. The molecule has 0 saturated carbocycles. The molecule has 1 aliphatic heterocycles. The fraction of sp³-hybridized carbons (Fsp3) is 0.667. The lowest BCUT2D eigenvalue weighted by Crippen LogP contribution is -2.60. The van der Waals surface area contributed by atoms with Gasteiger partial charge >= 0.3 is 0 Å². The highest BCUT2D eigenvalue weighted by Gasteiger charge is 2.33. The van der Waals surface area contributed by atoms with Crippen LogP contribution < -0.4 is 15.0 Å². The highest BCUT2D eigenvalue weighted by molar-refractivity contribution is 5.54. The molecule has 3 nitrogen and oxygen atoms in total. The maximum Gasteiger partial charge on any atom is 0.121 e. The number of ether oxygens (including phenoxy) is 1. The summed E-state index contributed by atoms with van der Waals surface area (Å²) >= 11 is 0. The molecule has 2 unspecified atom stereocenters. The smallest absolute Gasteiger partial charge is 0.121 e. The Bertz CT molecular complexity index is 479. The predicted octanol–water partition coefficient (Wildman–Crippen LogP) is 3.61. The fourth-order valence-electron chi connectivity index (χ4n) is 3.10. The van der Waals surface area contributed by atoms with E-state index in [2.05, 4.69) is 63.0 Å². The quantitative estimate of drug-likeness (QED) is 0.920.